The van der Waals surface area contributed by atoms with Crippen LogP contribution >= 0.6 is 0 Å². The molecule has 1 saturated heterocycles. The summed E-state index contributed by atoms with van der Waals surface area (Å²) in [6.45, 7) is 0.878. The van der Waals surface area contributed by atoms with Crippen molar-refractivity contribution in [1.29, 1.82) is 0 Å². The van der Waals surface area contributed by atoms with E-state index in [9.17, 15) is 14.5 Å². The number of aliphatic hydroxyl groups excluding tert-OH is 1. The molecular weight excluding hydrogens is 354 g/mol. The SMILES string of the molecule is O=C(COc1ccc(CO)cc1)N1CCC([S+]([O-])c2ccc(O)cc2)C1. The lowest BCUT2D eigenvalue weighted by atomic mass is 10.2. The van der Waals surface area contributed by atoms with Crippen LogP contribution in [0.2, 0.25) is 0 Å². The first-order valence-electron chi connectivity index (χ1n) is 8.37. The van der Waals surface area contributed by atoms with Crippen molar-refractivity contribution in [2.24, 2.45) is 0 Å². The minimum Gasteiger partial charge on any atom is -0.611 e. The first kappa shape index (κ1) is 18.6. The third kappa shape index (κ3) is 4.49. The van der Waals surface area contributed by atoms with Crippen LogP contribution in [-0.4, -0.2) is 50.5 Å². The van der Waals surface area contributed by atoms with Crippen molar-refractivity contribution >= 4 is 17.1 Å². The van der Waals surface area contributed by atoms with E-state index in [0.717, 1.165) is 5.56 Å². The van der Waals surface area contributed by atoms with E-state index in [0.29, 0.717) is 30.2 Å². The fraction of sp³-hybridized carbons (Fsp3) is 0.316. The van der Waals surface area contributed by atoms with Crippen molar-refractivity contribution < 1.29 is 24.3 Å². The van der Waals surface area contributed by atoms with E-state index < -0.39 is 11.2 Å². The van der Waals surface area contributed by atoms with Crippen LogP contribution in [0, 0.1) is 0 Å². The normalized spacial score (nSPS) is 17.9. The zero-order valence-electron chi connectivity index (χ0n) is 14.2. The molecule has 1 fully saturated rings. The molecule has 0 saturated carbocycles. The maximum absolute atomic E-state index is 12.6. The van der Waals surface area contributed by atoms with Gasteiger partial charge in [-0.2, -0.15) is 0 Å². The third-order valence-corrected chi connectivity index (χ3v) is 6.06. The van der Waals surface area contributed by atoms with Crippen LogP contribution in [0.3, 0.4) is 0 Å². The second kappa shape index (κ2) is 8.44. The molecule has 1 aliphatic heterocycles. The number of carbonyl (C=O) groups is 1. The summed E-state index contributed by atoms with van der Waals surface area (Å²) in [5.74, 6) is 0.568. The van der Waals surface area contributed by atoms with Crippen LogP contribution in [0.5, 0.6) is 11.5 Å². The number of phenols is 1. The van der Waals surface area contributed by atoms with Gasteiger partial charge in [0.2, 0.25) is 0 Å². The minimum atomic E-state index is -1.22. The molecule has 2 aromatic rings. The first-order valence-corrected chi connectivity index (χ1v) is 9.58. The molecular formula is C19H21NO5S. The highest BCUT2D eigenvalue weighted by atomic mass is 32.2. The van der Waals surface area contributed by atoms with Gasteiger partial charge in [0.15, 0.2) is 11.5 Å². The standard InChI is InChI=1S/C19H21NO5S/c21-12-14-1-5-16(6-2-14)25-13-19(23)20-10-9-18(11-20)26(24)17-7-3-15(22)4-8-17/h1-8,18,21-22H,9-13H2. The third-order valence-electron chi connectivity index (χ3n) is 4.34. The average molecular weight is 375 g/mol. The van der Waals surface area contributed by atoms with Crippen molar-refractivity contribution in [2.75, 3.05) is 19.7 Å². The van der Waals surface area contributed by atoms with E-state index in [1.54, 1.807) is 41.3 Å². The Bertz CT molecular complexity index is 735. The van der Waals surface area contributed by atoms with Crippen molar-refractivity contribution in [3.8, 4) is 11.5 Å². The van der Waals surface area contributed by atoms with Crippen LogP contribution < -0.4 is 4.74 Å². The maximum atomic E-state index is 12.6. The lowest BCUT2D eigenvalue weighted by Gasteiger charge is -2.19. The van der Waals surface area contributed by atoms with Gasteiger partial charge in [-0.15, -0.1) is 0 Å². The number of aromatic hydroxyl groups is 1. The lowest BCUT2D eigenvalue weighted by Crippen LogP contribution is -2.35. The van der Waals surface area contributed by atoms with Gasteiger partial charge in [-0.1, -0.05) is 12.1 Å². The highest BCUT2D eigenvalue weighted by Crippen LogP contribution is 2.25. The van der Waals surface area contributed by atoms with Gasteiger partial charge in [-0.3, -0.25) is 4.79 Å². The first-order chi connectivity index (χ1) is 12.6. The number of hydrogen-bond donors (Lipinski definition) is 2. The summed E-state index contributed by atoms with van der Waals surface area (Å²) in [7, 11) is 0. The molecule has 7 heteroatoms. The van der Waals surface area contributed by atoms with Gasteiger partial charge in [0.1, 0.15) is 16.7 Å². The Morgan fingerprint density at radius 3 is 2.54 bits per heavy atom. The summed E-state index contributed by atoms with van der Waals surface area (Å²) in [4.78, 5) is 14.6. The molecule has 0 aliphatic carbocycles. The Morgan fingerprint density at radius 2 is 1.88 bits per heavy atom. The van der Waals surface area contributed by atoms with Crippen molar-refractivity contribution in [2.45, 2.75) is 23.2 Å². The van der Waals surface area contributed by atoms with Crippen molar-refractivity contribution in [3.63, 3.8) is 0 Å². The number of rotatable bonds is 6. The number of phenolic OH excluding ortho intramolecular Hbond substituents is 1. The molecule has 0 bridgehead atoms. The summed E-state index contributed by atoms with van der Waals surface area (Å²) >= 11 is -1.22. The molecule has 26 heavy (non-hydrogen) atoms. The van der Waals surface area contributed by atoms with Crippen LogP contribution in [-0.2, 0) is 22.6 Å². The molecule has 6 nitrogen and oxygen atoms in total. The molecule has 2 atom stereocenters. The van der Waals surface area contributed by atoms with Crippen molar-refractivity contribution in [3.05, 3.63) is 54.1 Å². The fourth-order valence-electron chi connectivity index (χ4n) is 2.83. The van der Waals surface area contributed by atoms with E-state index in [1.807, 2.05) is 0 Å². The fourth-order valence-corrected chi connectivity index (χ4v) is 4.25. The zero-order chi connectivity index (χ0) is 18.5. The average Bonchev–Trinajstić information content (AvgIpc) is 3.17. The van der Waals surface area contributed by atoms with E-state index >= 15 is 0 Å². The van der Waals surface area contributed by atoms with Gasteiger partial charge in [0.25, 0.3) is 5.91 Å². The quantitative estimate of drug-likeness (QED) is 0.749. The van der Waals surface area contributed by atoms with Gasteiger partial charge in [0.05, 0.1) is 13.2 Å². The minimum absolute atomic E-state index is 0.0352. The summed E-state index contributed by atoms with van der Waals surface area (Å²) in [5, 5.41) is 18.2. The Hall–Kier alpha value is -2.22. The van der Waals surface area contributed by atoms with Crippen molar-refractivity contribution in [1.82, 2.24) is 4.90 Å². The number of benzene rings is 2. The van der Waals surface area contributed by atoms with E-state index in [1.165, 1.54) is 12.1 Å². The topological polar surface area (TPSA) is 93.1 Å². The highest BCUT2D eigenvalue weighted by molar-refractivity contribution is 7.92. The Morgan fingerprint density at radius 1 is 1.19 bits per heavy atom. The van der Waals surface area contributed by atoms with Gasteiger partial charge in [-0.25, -0.2) is 0 Å². The molecule has 1 amide bonds. The van der Waals surface area contributed by atoms with Gasteiger partial charge in [-0.05, 0) is 53.1 Å². The number of carbonyl (C=O) groups excluding carboxylic acids is 1. The summed E-state index contributed by atoms with van der Waals surface area (Å²) in [5.41, 5.74) is 0.780. The second-order valence-corrected chi connectivity index (χ2v) is 7.87. The van der Waals surface area contributed by atoms with Gasteiger partial charge in [0, 0.05) is 13.0 Å². The Kier molecular flexibility index (Phi) is 6.03. The predicted molar refractivity (Wildman–Crippen MR) is 97.4 cm³/mol. The number of ether oxygens (including phenoxy) is 1. The number of nitrogens with zero attached hydrogens (tertiary/aromatic N) is 1. The second-order valence-electron chi connectivity index (χ2n) is 6.13. The summed E-state index contributed by atoms with van der Waals surface area (Å²) in [6.07, 6.45) is 0.671. The molecule has 0 spiro atoms. The molecule has 138 valence electrons. The highest BCUT2D eigenvalue weighted by Gasteiger charge is 2.35. The molecule has 2 aromatic carbocycles. The number of likely N-dealkylation sites (tertiary alicyclic amines) is 1. The van der Waals surface area contributed by atoms with E-state index in [2.05, 4.69) is 0 Å². The van der Waals surface area contributed by atoms with Crippen LogP contribution in [0.15, 0.2) is 53.4 Å². The van der Waals surface area contributed by atoms with Gasteiger partial charge >= 0.3 is 0 Å². The molecule has 3 rings (SSSR count). The van der Waals surface area contributed by atoms with Crippen LogP contribution in [0.1, 0.15) is 12.0 Å². The largest absolute Gasteiger partial charge is 0.611 e. The monoisotopic (exact) mass is 375 g/mol. The van der Waals surface area contributed by atoms with Gasteiger partial charge < -0.3 is 24.4 Å². The van der Waals surface area contributed by atoms with Crippen LogP contribution in [0.25, 0.3) is 0 Å². The number of amides is 1. The summed E-state index contributed by atoms with van der Waals surface area (Å²) < 4.78 is 18.1. The molecule has 1 aliphatic rings. The number of hydrogen-bond acceptors (Lipinski definition) is 5. The maximum Gasteiger partial charge on any atom is 0.260 e. The molecule has 0 radical (unpaired) electrons. The number of aliphatic hydroxyl groups is 1. The smallest absolute Gasteiger partial charge is 0.260 e. The Balaban J connectivity index is 1.50. The summed E-state index contributed by atoms with van der Waals surface area (Å²) in [6, 6.07) is 13.2. The molecule has 2 unspecified atom stereocenters. The molecule has 1 heterocycles. The van der Waals surface area contributed by atoms with Crippen LogP contribution in [0.4, 0.5) is 0 Å². The lowest BCUT2D eigenvalue weighted by molar-refractivity contribution is -0.132. The zero-order valence-corrected chi connectivity index (χ0v) is 15.0. The predicted octanol–water partition coefficient (Wildman–Crippen LogP) is 1.67. The Labute approximate surface area is 155 Å². The van der Waals surface area contributed by atoms with E-state index in [4.69, 9.17) is 9.84 Å². The molecule has 0 aromatic heterocycles. The molecule has 2 N–H and O–H groups in total. The van der Waals surface area contributed by atoms with E-state index in [-0.39, 0.29) is 30.1 Å².